The van der Waals surface area contributed by atoms with Gasteiger partial charge in [0, 0.05) is 6.04 Å². The lowest BCUT2D eigenvalue weighted by molar-refractivity contribution is -0.130. The highest BCUT2D eigenvalue weighted by atomic mass is 32.2. The fourth-order valence-corrected chi connectivity index (χ4v) is 5.16. The second-order valence-corrected chi connectivity index (χ2v) is 7.75. The fraction of sp³-hybridized carbons (Fsp3) is 0.375. The molecule has 2 aliphatic rings. The minimum Gasteiger partial charge on any atom is -0.332 e. The number of thioether (sulfide) groups is 1. The van der Waals surface area contributed by atoms with Crippen LogP contribution in [0, 0.1) is 0 Å². The average Bonchev–Trinajstić information content (AvgIpc) is 3.03. The van der Waals surface area contributed by atoms with E-state index in [1.54, 1.807) is 23.1 Å². The molecule has 0 aliphatic carbocycles. The minimum atomic E-state index is 0.260. The zero-order chi connectivity index (χ0) is 14.2. The molecule has 0 N–H and O–H groups in total. The second kappa shape index (κ2) is 5.46. The zero-order valence-corrected chi connectivity index (χ0v) is 13.2. The molecule has 4 rings (SSSR count). The van der Waals surface area contributed by atoms with Crippen molar-refractivity contribution in [1.82, 2.24) is 9.88 Å². The Labute approximate surface area is 132 Å². The summed E-state index contributed by atoms with van der Waals surface area (Å²) in [6, 6.07) is 8.90. The molecule has 3 nitrogen and oxygen atoms in total. The molecule has 0 radical (unpaired) electrons. The van der Waals surface area contributed by atoms with Gasteiger partial charge in [-0.2, -0.15) is 0 Å². The monoisotopic (exact) mass is 316 g/mol. The number of hydrogen-bond acceptors (Lipinski definition) is 4. The van der Waals surface area contributed by atoms with Gasteiger partial charge in [-0.05, 0) is 31.4 Å². The quantitative estimate of drug-likeness (QED) is 0.639. The van der Waals surface area contributed by atoms with Crippen LogP contribution in [0.3, 0.4) is 0 Å². The standard InChI is InChI=1S/C16H16N2OS2/c19-15(18-11-4-3-5-12(18)9-8-11)10-20-16-17-13-6-1-2-7-14(13)21-16/h1-4,6-7,11-12H,5,8-10H2. The van der Waals surface area contributed by atoms with Gasteiger partial charge >= 0.3 is 0 Å². The zero-order valence-electron chi connectivity index (χ0n) is 11.6. The SMILES string of the molecule is O=C(CSc1nc2ccccc2s1)N1C2C=CCC1CC2. The van der Waals surface area contributed by atoms with Crippen molar-refractivity contribution in [2.45, 2.75) is 35.7 Å². The van der Waals surface area contributed by atoms with Crippen molar-refractivity contribution in [3.8, 4) is 0 Å². The molecular weight excluding hydrogens is 300 g/mol. The van der Waals surface area contributed by atoms with Crippen LogP contribution in [-0.2, 0) is 4.79 Å². The molecule has 2 aromatic rings. The normalized spacial score (nSPS) is 23.9. The molecule has 21 heavy (non-hydrogen) atoms. The molecule has 1 saturated heterocycles. The van der Waals surface area contributed by atoms with Crippen molar-refractivity contribution in [3.63, 3.8) is 0 Å². The first-order valence-corrected chi connectivity index (χ1v) is 9.08. The fourth-order valence-electron chi connectivity index (χ4n) is 3.22. The third-order valence-corrected chi connectivity index (χ3v) is 6.36. The van der Waals surface area contributed by atoms with E-state index in [9.17, 15) is 4.79 Å². The van der Waals surface area contributed by atoms with Crippen LogP contribution in [0.5, 0.6) is 0 Å². The summed E-state index contributed by atoms with van der Waals surface area (Å²) >= 11 is 3.24. The smallest absolute Gasteiger partial charge is 0.233 e. The molecule has 2 unspecified atom stereocenters. The summed E-state index contributed by atoms with van der Waals surface area (Å²) in [5.74, 6) is 0.761. The molecule has 2 atom stereocenters. The lowest BCUT2D eigenvalue weighted by Gasteiger charge is -2.31. The Hall–Kier alpha value is -1.33. The number of aromatic nitrogens is 1. The number of amides is 1. The molecule has 5 heteroatoms. The number of hydrogen-bond donors (Lipinski definition) is 0. The van der Waals surface area contributed by atoms with Crippen LogP contribution in [0.15, 0.2) is 40.8 Å². The van der Waals surface area contributed by atoms with Gasteiger partial charge in [-0.3, -0.25) is 4.79 Å². The van der Waals surface area contributed by atoms with E-state index in [0.717, 1.165) is 29.1 Å². The maximum absolute atomic E-state index is 12.5. The van der Waals surface area contributed by atoms with Crippen LogP contribution in [0.2, 0.25) is 0 Å². The molecule has 2 aliphatic heterocycles. The first-order chi connectivity index (χ1) is 10.3. The number of nitrogens with zero attached hydrogens (tertiary/aromatic N) is 2. The topological polar surface area (TPSA) is 33.2 Å². The van der Waals surface area contributed by atoms with Gasteiger partial charge < -0.3 is 4.90 Å². The Bertz CT molecular complexity index is 676. The lowest BCUT2D eigenvalue weighted by atomic mass is 10.1. The predicted octanol–water partition coefficient (Wildman–Crippen LogP) is 3.71. The maximum Gasteiger partial charge on any atom is 0.233 e. The van der Waals surface area contributed by atoms with Crippen LogP contribution < -0.4 is 0 Å². The molecule has 0 spiro atoms. The Morgan fingerprint density at radius 1 is 1.38 bits per heavy atom. The minimum absolute atomic E-state index is 0.260. The molecule has 108 valence electrons. The summed E-state index contributed by atoms with van der Waals surface area (Å²) in [4.78, 5) is 19.2. The number of fused-ring (bicyclic) bond motifs is 3. The van der Waals surface area contributed by atoms with Gasteiger partial charge in [0.05, 0.1) is 22.0 Å². The highest BCUT2D eigenvalue weighted by molar-refractivity contribution is 8.01. The Balaban J connectivity index is 1.44. The van der Waals surface area contributed by atoms with Gasteiger partial charge in [-0.15, -0.1) is 11.3 Å². The lowest BCUT2D eigenvalue weighted by Crippen LogP contribution is -2.43. The van der Waals surface area contributed by atoms with Crippen LogP contribution in [-0.4, -0.2) is 33.6 Å². The molecule has 1 amide bonds. The van der Waals surface area contributed by atoms with E-state index in [-0.39, 0.29) is 5.91 Å². The van der Waals surface area contributed by atoms with Crippen molar-refractivity contribution in [2.24, 2.45) is 0 Å². The molecule has 1 fully saturated rings. The predicted molar refractivity (Wildman–Crippen MR) is 87.8 cm³/mol. The third-order valence-electron chi connectivity index (χ3n) is 4.19. The molecule has 2 bridgehead atoms. The summed E-state index contributed by atoms with van der Waals surface area (Å²) < 4.78 is 2.18. The molecule has 0 saturated carbocycles. The van der Waals surface area contributed by atoms with E-state index >= 15 is 0 Å². The van der Waals surface area contributed by atoms with Crippen LogP contribution in [0.1, 0.15) is 19.3 Å². The van der Waals surface area contributed by atoms with Crippen LogP contribution in [0.4, 0.5) is 0 Å². The molecule has 3 heterocycles. The van der Waals surface area contributed by atoms with Crippen LogP contribution in [0.25, 0.3) is 10.2 Å². The van der Waals surface area contributed by atoms with Crippen molar-refractivity contribution in [2.75, 3.05) is 5.75 Å². The van der Waals surface area contributed by atoms with Gasteiger partial charge in [0.15, 0.2) is 4.34 Å². The average molecular weight is 316 g/mol. The van der Waals surface area contributed by atoms with Crippen molar-refractivity contribution >= 4 is 39.2 Å². The van der Waals surface area contributed by atoms with Gasteiger partial charge in [0.1, 0.15) is 0 Å². The van der Waals surface area contributed by atoms with E-state index in [1.165, 1.54) is 4.70 Å². The van der Waals surface area contributed by atoms with Crippen molar-refractivity contribution < 1.29 is 4.79 Å². The van der Waals surface area contributed by atoms with E-state index in [1.807, 2.05) is 18.2 Å². The first-order valence-electron chi connectivity index (χ1n) is 7.27. The van der Waals surface area contributed by atoms with Gasteiger partial charge in [-0.1, -0.05) is 36.0 Å². The highest BCUT2D eigenvalue weighted by Gasteiger charge is 2.36. The van der Waals surface area contributed by atoms with E-state index < -0.39 is 0 Å². The highest BCUT2D eigenvalue weighted by Crippen LogP contribution is 2.34. The first kappa shape index (κ1) is 13.3. The van der Waals surface area contributed by atoms with E-state index in [4.69, 9.17) is 0 Å². The number of benzene rings is 1. The Morgan fingerprint density at radius 2 is 2.29 bits per heavy atom. The molecule has 1 aromatic carbocycles. The summed E-state index contributed by atoms with van der Waals surface area (Å²) in [5, 5.41) is 0. The Kier molecular flexibility index (Phi) is 3.47. The van der Waals surface area contributed by atoms with E-state index in [0.29, 0.717) is 17.8 Å². The Morgan fingerprint density at radius 3 is 3.14 bits per heavy atom. The van der Waals surface area contributed by atoms with Gasteiger partial charge in [0.2, 0.25) is 5.91 Å². The third kappa shape index (κ3) is 2.49. The maximum atomic E-state index is 12.5. The summed E-state index contributed by atoms with van der Waals surface area (Å²) in [5.41, 5.74) is 1.03. The van der Waals surface area contributed by atoms with Crippen molar-refractivity contribution in [3.05, 3.63) is 36.4 Å². The molecule has 1 aromatic heterocycles. The molecular formula is C16H16N2OS2. The summed E-state index contributed by atoms with van der Waals surface area (Å²) in [6.07, 6.45) is 7.72. The summed E-state index contributed by atoms with van der Waals surface area (Å²) in [6.45, 7) is 0. The number of rotatable bonds is 3. The van der Waals surface area contributed by atoms with Crippen molar-refractivity contribution in [1.29, 1.82) is 0 Å². The number of thiazole rings is 1. The number of carbonyl (C=O) groups excluding carboxylic acids is 1. The number of carbonyl (C=O) groups is 1. The largest absolute Gasteiger partial charge is 0.332 e. The number of para-hydroxylation sites is 1. The van der Waals surface area contributed by atoms with Gasteiger partial charge in [-0.25, -0.2) is 4.98 Å². The second-order valence-electron chi connectivity index (χ2n) is 5.50. The van der Waals surface area contributed by atoms with Crippen LogP contribution >= 0.6 is 23.1 Å². The van der Waals surface area contributed by atoms with Gasteiger partial charge in [0.25, 0.3) is 0 Å². The summed E-state index contributed by atoms with van der Waals surface area (Å²) in [7, 11) is 0. The van der Waals surface area contributed by atoms with E-state index in [2.05, 4.69) is 28.1 Å².